The van der Waals surface area contributed by atoms with Gasteiger partial charge in [-0.25, -0.2) is 9.97 Å². The number of rotatable bonds is 3. The molecule has 2 aromatic rings. The fourth-order valence-electron chi connectivity index (χ4n) is 2.85. The lowest BCUT2D eigenvalue weighted by atomic mass is 10.0. The number of halogens is 1. The van der Waals surface area contributed by atoms with Crippen molar-refractivity contribution in [3.05, 3.63) is 41.2 Å². The van der Waals surface area contributed by atoms with Crippen molar-refractivity contribution in [3.8, 4) is 0 Å². The third-order valence-electron chi connectivity index (χ3n) is 4.10. The molecule has 0 bridgehead atoms. The molecule has 2 heterocycles. The molecule has 0 radical (unpaired) electrons. The highest BCUT2D eigenvalue weighted by Crippen LogP contribution is 2.26. The topological polar surface area (TPSA) is 41.0 Å². The molecule has 1 aliphatic rings. The Hall–Kier alpha value is -1.81. The molecule has 1 saturated heterocycles. The van der Waals surface area contributed by atoms with Gasteiger partial charge in [-0.2, -0.15) is 0 Å². The minimum absolute atomic E-state index is 0.715. The van der Waals surface area contributed by atoms with Gasteiger partial charge in [-0.1, -0.05) is 24.6 Å². The molecule has 1 aromatic carbocycles. The highest BCUT2D eigenvalue weighted by molar-refractivity contribution is 6.30. The summed E-state index contributed by atoms with van der Waals surface area (Å²) in [6.07, 6.45) is 4.15. The lowest BCUT2D eigenvalue weighted by molar-refractivity contribution is 0.444. The zero-order valence-electron chi connectivity index (χ0n) is 13.0. The fourth-order valence-corrected chi connectivity index (χ4v) is 3.02. The van der Waals surface area contributed by atoms with E-state index in [0.717, 1.165) is 41.9 Å². The molecule has 3 rings (SSSR count). The van der Waals surface area contributed by atoms with Gasteiger partial charge in [0.25, 0.3) is 0 Å². The van der Waals surface area contributed by atoms with Gasteiger partial charge in [0.15, 0.2) is 0 Å². The summed E-state index contributed by atoms with van der Waals surface area (Å²) in [6.45, 7) is 6.47. The van der Waals surface area contributed by atoms with Crippen LogP contribution in [-0.4, -0.2) is 23.1 Å². The second kappa shape index (κ2) is 6.53. The van der Waals surface area contributed by atoms with Gasteiger partial charge in [0.2, 0.25) is 0 Å². The maximum atomic E-state index is 6.07. The van der Waals surface area contributed by atoms with Gasteiger partial charge >= 0.3 is 0 Å². The first-order valence-electron chi connectivity index (χ1n) is 7.72. The van der Waals surface area contributed by atoms with E-state index >= 15 is 0 Å². The van der Waals surface area contributed by atoms with E-state index in [2.05, 4.69) is 27.1 Å². The largest absolute Gasteiger partial charge is 0.356 e. The van der Waals surface area contributed by atoms with Crippen LogP contribution in [0, 0.1) is 12.8 Å². The number of hydrogen-bond acceptors (Lipinski definition) is 4. The molecule has 1 aliphatic heterocycles. The molecule has 4 nitrogen and oxygen atoms in total. The van der Waals surface area contributed by atoms with E-state index in [1.54, 1.807) is 6.33 Å². The first-order valence-corrected chi connectivity index (χ1v) is 8.10. The van der Waals surface area contributed by atoms with Gasteiger partial charge in [0, 0.05) is 29.9 Å². The zero-order chi connectivity index (χ0) is 15.5. The molecular weight excluding hydrogens is 296 g/mol. The van der Waals surface area contributed by atoms with Crippen LogP contribution < -0.4 is 10.2 Å². The summed E-state index contributed by atoms with van der Waals surface area (Å²) in [5, 5.41) is 4.06. The molecule has 1 aromatic heterocycles. The molecule has 0 amide bonds. The zero-order valence-corrected chi connectivity index (χ0v) is 13.8. The highest BCUT2D eigenvalue weighted by atomic mass is 35.5. The average molecular weight is 317 g/mol. The molecule has 1 atom stereocenters. The number of piperidine rings is 1. The summed E-state index contributed by atoms with van der Waals surface area (Å²) in [5.41, 5.74) is 2.11. The Labute approximate surface area is 136 Å². The summed E-state index contributed by atoms with van der Waals surface area (Å²) in [7, 11) is 0. The Morgan fingerprint density at radius 2 is 2.14 bits per heavy atom. The van der Waals surface area contributed by atoms with E-state index in [1.807, 2.05) is 31.2 Å². The van der Waals surface area contributed by atoms with Crippen LogP contribution in [0.2, 0.25) is 5.02 Å². The minimum Gasteiger partial charge on any atom is -0.356 e. The van der Waals surface area contributed by atoms with E-state index in [1.165, 1.54) is 12.8 Å². The molecule has 5 heteroatoms. The van der Waals surface area contributed by atoms with E-state index in [4.69, 9.17) is 11.6 Å². The minimum atomic E-state index is 0.715. The van der Waals surface area contributed by atoms with Gasteiger partial charge < -0.3 is 10.2 Å². The van der Waals surface area contributed by atoms with Crippen molar-refractivity contribution in [2.45, 2.75) is 26.7 Å². The first kappa shape index (κ1) is 15.1. The standard InChI is InChI=1S/C17H21ClN4/c1-12-4-3-7-22(10-12)17-9-16(19-11-20-17)21-15-8-14(18)6-5-13(15)2/h5-6,8-9,11-12H,3-4,7,10H2,1-2H3,(H,19,20,21). The normalized spacial score (nSPS) is 18.3. The average Bonchev–Trinajstić information content (AvgIpc) is 2.51. The summed E-state index contributed by atoms with van der Waals surface area (Å²) < 4.78 is 0. The lowest BCUT2D eigenvalue weighted by Gasteiger charge is -2.31. The number of nitrogens with one attached hydrogen (secondary N) is 1. The molecule has 0 saturated carbocycles. The van der Waals surface area contributed by atoms with E-state index in [0.29, 0.717) is 5.02 Å². The Bertz CT molecular complexity index is 659. The Morgan fingerprint density at radius 1 is 1.27 bits per heavy atom. The molecular formula is C17H21ClN4. The quantitative estimate of drug-likeness (QED) is 0.910. The molecule has 1 unspecified atom stereocenters. The van der Waals surface area contributed by atoms with Crippen LogP contribution in [0.3, 0.4) is 0 Å². The van der Waals surface area contributed by atoms with E-state index in [9.17, 15) is 0 Å². The van der Waals surface area contributed by atoms with Crippen molar-refractivity contribution < 1.29 is 0 Å². The molecule has 22 heavy (non-hydrogen) atoms. The maximum absolute atomic E-state index is 6.07. The van der Waals surface area contributed by atoms with Gasteiger partial charge in [-0.05, 0) is 43.4 Å². The molecule has 1 fully saturated rings. The monoisotopic (exact) mass is 316 g/mol. The van der Waals surface area contributed by atoms with Gasteiger partial charge in [0.05, 0.1) is 0 Å². The first-order chi connectivity index (χ1) is 10.6. The number of aryl methyl sites for hydroxylation is 1. The Kier molecular flexibility index (Phi) is 4.48. The van der Waals surface area contributed by atoms with Crippen LogP contribution in [0.5, 0.6) is 0 Å². The number of hydrogen-bond donors (Lipinski definition) is 1. The van der Waals surface area contributed by atoms with Gasteiger partial charge in [-0.15, -0.1) is 0 Å². The molecule has 0 aliphatic carbocycles. The molecule has 0 spiro atoms. The summed E-state index contributed by atoms with van der Waals surface area (Å²) >= 11 is 6.07. The van der Waals surface area contributed by atoms with E-state index in [-0.39, 0.29) is 0 Å². The second-order valence-electron chi connectivity index (χ2n) is 6.04. The van der Waals surface area contributed by atoms with Gasteiger partial charge in [-0.3, -0.25) is 0 Å². The third-order valence-corrected chi connectivity index (χ3v) is 4.33. The van der Waals surface area contributed by atoms with Gasteiger partial charge in [0.1, 0.15) is 18.0 Å². The summed E-state index contributed by atoms with van der Waals surface area (Å²) in [5.74, 6) is 2.51. The summed E-state index contributed by atoms with van der Waals surface area (Å²) in [4.78, 5) is 11.1. The number of anilines is 3. The van der Waals surface area contributed by atoms with Crippen molar-refractivity contribution >= 4 is 28.9 Å². The van der Waals surface area contributed by atoms with Crippen LogP contribution in [-0.2, 0) is 0 Å². The molecule has 116 valence electrons. The predicted octanol–water partition coefficient (Wildman–Crippen LogP) is 4.42. The SMILES string of the molecule is Cc1ccc(Cl)cc1Nc1cc(N2CCCC(C)C2)ncn1. The summed E-state index contributed by atoms with van der Waals surface area (Å²) in [6, 6.07) is 7.82. The van der Waals surface area contributed by atoms with Crippen molar-refractivity contribution in [1.82, 2.24) is 9.97 Å². The van der Waals surface area contributed by atoms with Crippen LogP contribution in [0.25, 0.3) is 0 Å². The highest BCUT2D eigenvalue weighted by Gasteiger charge is 2.18. The Morgan fingerprint density at radius 3 is 2.95 bits per heavy atom. The Balaban J connectivity index is 1.80. The van der Waals surface area contributed by atoms with Crippen molar-refractivity contribution in [3.63, 3.8) is 0 Å². The van der Waals surface area contributed by atoms with Crippen molar-refractivity contribution in [1.29, 1.82) is 0 Å². The number of aromatic nitrogens is 2. The van der Waals surface area contributed by atoms with Crippen molar-refractivity contribution in [2.24, 2.45) is 5.92 Å². The van der Waals surface area contributed by atoms with Crippen LogP contribution in [0.4, 0.5) is 17.3 Å². The van der Waals surface area contributed by atoms with Crippen molar-refractivity contribution in [2.75, 3.05) is 23.3 Å². The smallest absolute Gasteiger partial charge is 0.135 e. The number of benzene rings is 1. The van der Waals surface area contributed by atoms with E-state index < -0.39 is 0 Å². The molecule has 1 N–H and O–H groups in total. The third kappa shape index (κ3) is 3.50. The second-order valence-corrected chi connectivity index (χ2v) is 6.48. The fraction of sp³-hybridized carbons (Fsp3) is 0.412. The lowest BCUT2D eigenvalue weighted by Crippen LogP contribution is -2.34. The van der Waals surface area contributed by atoms with Crippen LogP contribution in [0.15, 0.2) is 30.6 Å². The van der Waals surface area contributed by atoms with Crippen LogP contribution in [0.1, 0.15) is 25.3 Å². The van der Waals surface area contributed by atoms with Crippen LogP contribution >= 0.6 is 11.6 Å². The number of nitrogens with zero attached hydrogens (tertiary/aromatic N) is 3. The maximum Gasteiger partial charge on any atom is 0.135 e. The predicted molar refractivity (Wildman–Crippen MR) is 92.1 cm³/mol.